The summed E-state index contributed by atoms with van der Waals surface area (Å²) in [6.07, 6.45) is 1.43. The Hall–Kier alpha value is -3.07. The molecule has 0 radical (unpaired) electrons. The van der Waals surface area contributed by atoms with Gasteiger partial charge in [-0.1, -0.05) is 18.2 Å². The molecular formula is C26H29F2N5O2. The minimum Gasteiger partial charge on any atom is -0.381 e. The van der Waals surface area contributed by atoms with Gasteiger partial charge in [-0.15, -0.1) is 0 Å². The van der Waals surface area contributed by atoms with Gasteiger partial charge in [-0.3, -0.25) is 9.48 Å². The van der Waals surface area contributed by atoms with Gasteiger partial charge in [0.1, 0.15) is 5.82 Å². The fourth-order valence-corrected chi connectivity index (χ4v) is 5.61. The molecule has 6 rings (SSSR count). The number of hydrogen-bond acceptors (Lipinski definition) is 5. The largest absolute Gasteiger partial charge is 0.381 e. The third kappa shape index (κ3) is 3.95. The summed E-state index contributed by atoms with van der Waals surface area (Å²) in [4.78, 5) is 20.3. The molecule has 0 unspecified atom stereocenters. The van der Waals surface area contributed by atoms with Crippen LogP contribution >= 0.6 is 0 Å². The van der Waals surface area contributed by atoms with Gasteiger partial charge in [0.05, 0.1) is 24.8 Å². The van der Waals surface area contributed by atoms with Crippen LogP contribution in [0.4, 0.5) is 14.6 Å². The summed E-state index contributed by atoms with van der Waals surface area (Å²) in [5.74, 6) is 0.641. The number of amides is 1. The molecule has 0 saturated carbocycles. The molecule has 3 aliphatic heterocycles. The predicted octanol–water partition coefficient (Wildman–Crippen LogP) is 3.85. The van der Waals surface area contributed by atoms with Crippen molar-refractivity contribution in [2.24, 2.45) is 0 Å². The highest BCUT2D eigenvalue weighted by Gasteiger charge is 2.34. The number of hydrogen-bond donors (Lipinski definition) is 0. The topological polar surface area (TPSA) is 63.5 Å². The van der Waals surface area contributed by atoms with E-state index in [1.165, 1.54) is 5.69 Å². The van der Waals surface area contributed by atoms with E-state index in [0.717, 1.165) is 60.1 Å². The number of rotatable bonds is 3. The maximum absolute atomic E-state index is 13.8. The molecule has 1 aromatic carbocycles. The van der Waals surface area contributed by atoms with Crippen molar-refractivity contribution in [1.29, 1.82) is 0 Å². The van der Waals surface area contributed by atoms with Gasteiger partial charge < -0.3 is 14.5 Å². The number of carbonyl (C=O) groups is 1. The first kappa shape index (κ1) is 22.4. The lowest BCUT2D eigenvalue weighted by atomic mass is 9.97. The van der Waals surface area contributed by atoms with Gasteiger partial charge in [0.2, 0.25) is 5.91 Å². The molecule has 5 heterocycles. The zero-order valence-corrected chi connectivity index (χ0v) is 19.8. The number of fused-ring (bicyclic) bond motifs is 2. The van der Waals surface area contributed by atoms with Crippen LogP contribution in [0.5, 0.6) is 0 Å². The number of nitrogens with zero attached hydrogens (tertiary/aromatic N) is 5. The SMILES string of the molecule is CC(=O)N1CCc2c(c(-c3cccc4cc(N5C[C@@H](F)[C@@H](F)C5)ncc34)nn2C2CCOCC2)C1. The number of alkyl halides is 2. The summed E-state index contributed by atoms with van der Waals surface area (Å²) in [5, 5.41) is 7.01. The minimum absolute atomic E-state index is 0.0171. The monoisotopic (exact) mass is 481 g/mol. The highest BCUT2D eigenvalue weighted by atomic mass is 19.2. The Bertz CT molecular complexity index is 1260. The summed E-state index contributed by atoms with van der Waals surface area (Å²) >= 11 is 0. The van der Waals surface area contributed by atoms with Gasteiger partial charge in [0.15, 0.2) is 12.3 Å². The number of ether oxygens (including phenoxy) is 1. The van der Waals surface area contributed by atoms with E-state index in [2.05, 4.69) is 9.67 Å². The molecule has 0 N–H and O–H groups in total. The fraction of sp³-hybridized carbons (Fsp3) is 0.500. The quantitative estimate of drug-likeness (QED) is 0.569. The summed E-state index contributed by atoms with van der Waals surface area (Å²) in [7, 11) is 0. The average molecular weight is 482 g/mol. The number of pyridine rings is 1. The van der Waals surface area contributed by atoms with E-state index in [1.807, 2.05) is 29.2 Å². The Labute approximate surface area is 202 Å². The Morgan fingerprint density at radius 2 is 1.91 bits per heavy atom. The number of anilines is 1. The fourth-order valence-electron chi connectivity index (χ4n) is 5.61. The first-order valence-electron chi connectivity index (χ1n) is 12.4. The molecular weight excluding hydrogens is 452 g/mol. The van der Waals surface area contributed by atoms with Crippen molar-refractivity contribution < 1.29 is 18.3 Å². The van der Waals surface area contributed by atoms with Gasteiger partial charge in [0.25, 0.3) is 0 Å². The minimum atomic E-state index is -1.48. The van der Waals surface area contributed by atoms with Crippen LogP contribution in [0.1, 0.15) is 37.1 Å². The average Bonchev–Trinajstić information content (AvgIpc) is 3.43. The van der Waals surface area contributed by atoms with Crippen LogP contribution in [-0.4, -0.2) is 70.8 Å². The molecule has 7 nitrogen and oxygen atoms in total. The van der Waals surface area contributed by atoms with Crippen molar-refractivity contribution in [3.8, 4) is 11.3 Å². The number of carbonyl (C=O) groups excluding carboxylic acids is 1. The molecule has 2 saturated heterocycles. The summed E-state index contributed by atoms with van der Waals surface area (Å²) in [6.45, 7) is 4.33. The van der Waals surface area contributed by atoms with Gasteiger partial charge in [-0.2, -0.15) is 5.10 Å². The highest BCUT2D eigenvalue weighted by Crippen LogP contribution is 2.37. The predicted molar refractivity (Wildman–Crippen MR) is 129 cm³/mol. The molecule has 0 bridgehead atoms. The molecule has 0 aliphatic carbocycles. The van der Waals surface area contributed by atoms with Crippen LogP contribution < -0.4 is 4.90 Å². The van der Waals surface area contributed by atoms with Crippen molar-refractivity contribution >= 4 is 22.5 Å². The Morgan fingerprint density at radius 3 is 2.66 bits per heavy atom. The molecule has 184 valence electrons. The van der Waals surface area contributed by atoms with E-state index in [1.54, 1.807) is 18.0 Å². The van der Waals surface area contributed by atoms with Gasteiger partial charge in [-0.05, 0) is 24.3 Å². The Balaban J connectivity index is 1.44. The van der Waals surface area contributed by atoms with E-state index in [-0.39, 0.29) is 25.0 Å². The normalized spacial score (nSPS) is 23.2. The molecule has 1 amide bonds. The number of aromatic nitrogens is 3. The van der Waals surface area contributed by atoms with Crippen molar-refractivity contribution in [3.05, 3.63) is 41.7 Å². The van der Waals surface area contributed by atoms with Crippen LogP contribution in [0.25, 0.3) is 22.0 Å². The maximum atomic E-state index is 13.8. The van der Waals surface area contributed by atoms with Crippen LogP contribution in [0.15, 0.2) is 30.5 Å². The third-order valence-electron chi connectivity index (χ3n) is 7.58. The lowest BCUT2D eigenvalue weighted by Gasteiger charge is -2.29. The second-order valence-corrected chi connectivity index (χ2v) is 9.76. The van der Waals surface area contributed by atoms with Crippen LogP contribution in [0.2, 0.25) is 0 Å². The zero-order chi connectivity index (χ0) is 24.1. The molecule has 3 aliphatic rings. The summed E-state index contributed by atoms with van der Waals surface area (Å²) in [6, 6.07) is 8.19. The van der Waals surface area contributed by atoms with Gasteiger partial charge >= 0.3 is 0 Å². The van der Waals surface area contributed by atoms with E-state index in [0.29, 0.717) is 18.9 Å². The highest BCUT2D eigenvalue weighted by molar-refractivity contribution is 5.97. The zero-order valence-electron chi connectivity index (χ0n) is 19.8. The molecule has 35 heavy (non-hydrogen) atoms. The Kier molecular flexibility index (Phi) is 5.67. The number of halogens is 2. The van der Waals surface area contributed by atoms with Crippen LogP contribution in [0, 0.1) is 0 Å². The van der Waals surface area contributed by atoms with E-state index >= 15 is 0 Å². The summed E-state index contributed by atoms with van der Waals surface area (Å²) in [5.41, 5.74) is 4.13. The van der Waals surface area contributed by atoms with Gasteiger partial charge in [-0.25, -0.2) is 13.8 Å². The number of benzene rings is 1. The standard InChI is InChI=1S/C26H29F2N5O2/c1-16(34)31-8-5-24-21(13-31)26(30-33(24)18-6-9-35-10-7-18)19-4-2-3-17-11-25(29-12-20(17)19)32-14-22(27)23(28)15-32/h2-4,11-12,18,22-23H,5-10,13-15H2,1H3/t22-,23+. The second kappa shape index (κ2) is 8.86. The molecule has 3 aromatic rings. The molecule has 2 atom stereocenters. The Morgan fingerprint density at radius 1 is 1.14 bits per heavy atom. The first-order chi connectivity index (χ1) is 17.0. The van der Waals surface area contributed by atoms with Crippen molar-refractivity contribution in [3.63, 3.8) is 0 Å². The lowest BCUT2D eigenvalue weighted by molar-refractivity contribution is -0.129. The molecule has 9 heteroatoms. The van der Waals surface area contributed by atoms with Crippen molar-refractivity contribution in [1.82, 2.24) is 19.7 Å². The third-order valence-corrected chi connectivity index (χ3v) is 7.58. The van der Waals surface area contributed by atoms with Crippen molar-refractivity contribution in [2.75, 3.05) is 37.7 Å². The van der Waals surface area contributed by atoms with E-state index in [4.69, 9.17) is 9.84 Å². The second-order valence-electron chi connectivity index (χ2n) is 9.76. The summed E-state index contributed by atoms with van der Waals surface area (Å²) < 4.78 is 35.3. The van der Waals surface area contributed by atoms with E-state index < -0.39 is 12.3 Å². The lowest BCUT2D eigenvalue weighted by Crippen LogP contribution is -2.35. The van der Waals surface area contributed by atoms with Gasteiger partial charge in [0, 0.05) is 68.1 Å². The molecule has 2 aromatic heterocycles. The van der Waals surface area contributed by atoms with E-state index in [9.17, 15) is 13.6 Å². The van der Waals surface area contributed by atoms with Crippen LogP contribution in [-0.2, 0) is 22.5 Å². The van der Waals surface area contributed by atoms with Crippen LogP contribution in [0.3, 0.4) is 0 Å². The molecule has 0 spiro atoms. The molecule has 2 fully saturated rings. The maximum Gasteiger partial charge on any atom is 0.219 e. The smallest absolute Gasteiger partial charge is 0.219 e. The first-order valence-corrected chi connectivity index (χ1v) is 12.4. The van der Waals surface area contributed by atoms with Crippen molar-refractivity contribution in [2.45, 2.75) is 51.1 Å².